The zero-order valence-corrected chi connectivity index (χ0v) is 10.9. The fourth-order valence-electron chi connectivity index (χ4n) is 1.35. The minimum Gasteiger partial charge on any atom is -0.497 e. The van der Waals surface area contributed by atoms with E-state index in [1.54, 1.807) is 31.4 Å². The second-order valence-electron chi connectivity index (χ2n) is 3.58. The first kappa shape index (κ1) is 13.2. The molecule has 1 N–H and O–H groups in total. The van der Waals surface area contributed by atoms with Crippen LogP contribution in [0.15, 0.2) is 41.5 Å². The highest BCUT2D eigenvalue weighted by Crippen LogP contribution is 2.13. The van der Waals surface area contributed by atoms with Gasteiger partial charge in [0.05, 0.1) is 18.2 Å². The summed E-state index contributed by atoms with van der Waals surface area (Å²) in [7, 11) is 1.59. The molecule has 19 heavy (non-hydrogen) atoms. The van der Waals surface area contributed by atoms with E-state index in [9.17, 15) is 9.18 Å². The number of hydrogen-bond donors (Lipinski definition) is 1. The summed E-state index contributed by atoms with van der Waals surface area (Å²) in [6.45, 7) is 0. The average Bonchev–Trinajstić information content (AvgIpc) is 2.86. The van der Waals surface area contributed by atoms with Gasteiger partial charge in [-0.2, -0.15) is 9.49 Å². The maximum Gasteiger partial charge on any atom is 0.281 e. The number of ether oxygens (including phenoxy) is 1. The third kappa shape index (κ3) is 3.62. The van der Waals surface area contributed by atoms with E-state index in [1.165, 1.54) is 18.3 Å². The number of carbonyl (C=O) groups excluding carboxylic acids is 1. The molecule has 2 aromatic rings. The van der Waals surface area contributed by atoms with Crippen LogP contribution in [0.3, 0.4) is 0 Å². The van der Waals surface area contributed by atoms with Crippen LogP contribution in [0.2, 0.25) is 0 Å². The molecule has 1 heterocycles. The van der Waals surface area contributed by atoms with Crippen LogP contribution in [0.5, 0.6) is 5.75 Å². The fraction of sp³-hybridized carbons (Fsp3) is 0.0769. The molecule has 0 saturated carbocycles. The van der Waals surface area contributed by atoms with Gasteiger partial charge in [0.1, 0.15) is 5.75 Å². The maximum absolute atomic E-state index is 12.7. The van der Waals surface area contributed by atoms with E-state index in [-0.39, 0.29) is 4.88 Å². The van der Waals surface area contributed by atoms with Crippen molar-refractivity contribution in [3.05, 3.63) is 52.0 Å². The number of benzene rings is 1. The molecule has 0 spiro atoms. The third-order valence-corrected chi connectivity index (χ3v) is 3.16. The summed E-state index contributed by atoms with van der Waals surface area (Å²) in [5, 5.41) is 3.40. The van der Waals surface area contributed by atoms with Crippen LogP contribution < -0.4 is 10.2 Å². The Morgan fingerprint density at radius 3 is 2.63 bits per heavy atom. The van der Waals surface area contributed by atoms with E-state index in [1.807, 2.05) is 0 Å². The van der Waals surface area contributed by atoms with Crippen molar-refractivity contribution in [2.45, 2.75) is 0 Å². The number of hydrazone groups is 1. The van der Waals surface area contributed by atoms with Crippen LogP contribution >= 0.6 is 11.3 Å². The SMILES string of the molecule is COc1ccc(C=NNC(=O)c2ccc(F)s2)cc1. The van der Waals surface area contributed by atoms with E-state index in [0.717, 1.165) is 22.6 Å². The number of hydrogen-bond acceptors (Lipinski definition) is 4. The van der Waals surface area contributed by atoms with Gasteiger partial charge in [-0.05, 0) is 42.0 Å². The summed E-state index contributed by atoms with van der Waals surface area (Å²) in [5.41, 5.74) is 3.15. The van der Waals surface area contributed by atoms with Crippen molar-refractivity contribution < 1.29 is 13.9 Å². The number of methoxy groups -OCH3 is 1. The Bertz CT molecular complexity index is 593. The van der Waals surface area contributed by atoms with Crippen LogP contribution in [0, 0.1) is 5.13 Å². The molecule has 6 heteroatoms. The minimum absolute atomic E-state index is 0.282. The first-order valence-corrected chi connectivity index (χ1v) is 6.23. The Hall–Kier alpha value is -2.21. The Morgan fingerprint density at radius 2 is 2.05 bits per heavy atom. The molecule has 0 bridgehead atoms. The van der Waals surface area contributed by atoms with E-state index in [2.05, 4.69) is 10.5 Å². The van der Waals surface area contributed by atoms with E-state index < -0.39 is 11.0 Å². The number of nitrogens with zero attached hydrogens (tertiary/aromatic N) is 1. The van der Waals surface area contributed by atoms with Gasteiger partial charge in [-0.3, -0.25) is 4.79 Å². The molecule has 0 atom stereocenters. The van der Waals surface area contributed by atoms with Gasteiger partial charge in [0.15, 0.2) is 5.13 Å². The lowest BCUT2D eigenvalue weighted by Crippen LogP contribution is -2.16. The van der Waals surface area contributed by atoms with Gasteiger partial charge in [-0.25, -0.2) is 5.43 Å². The zero-order chi connectivity index (χ0) is 13.7. The van der Waals surface area contributed by atoms with Crippen LogP contribution in [0.4, 0.5) is 4.39 Å². The second-order valence-corrected chi connectivity index (χ2v) is 4.61. The highest BCUT2D eigenvalue weighted by atomic mass is 32.1. The monoisotopic (exact) mass is 278 g/mol. The quantitative estimate of drug-likeness (QED) is 0.690. The van der Waals surface area contributed by atoms with Crippen molar-refractivity contribution in [1.82, 2.24) is 5.43 Å². The fourth-order valence-corrected chi connectivity index (χ4v) is 1.97. The first-order valence-electron chi connectivity index (χ1n) is 5.42. The van der Waals surface area contributed by atoms with Gasteiger partial charge in [0, 0.05) is 0 Å². The number of amides is 1. The summed E-state index contributed by atoms with van der Waals surface area (Å²) >= 11 is 0.778. The molecule has 0 fully saturated rings. The molecular weight excluding hydrogens is 267 g/mol. The summed E-state index contributed by atoms with van der Waals surface area (Å²) in [6.07, 6.45) is 1.50. The van der Waals surface area contributed by atoms with Gasteiger partial charge >= 0.3 is 0 Å². The molecule has 98 valence electrons. The summed E-state index contributed by atoms with van der Waals surface area (Å²) in [6, 6.07) is 9.85. The molecule has 2 rings (SSSR count). The molecular formula is C13H11FN2O2S. The van der Waals surface area contributed by atoms with E-state index >= 15 is 0 Å². The molecule has 0 aliphatic heterocycles. The number of nitrogens with one attached hydrogen (secondary N) is 1. The predicted molar refractivity (Wildman–Crippen MR) is 72.3 cm³/mol. The van der Waals surface area contributed by atoms with Crippen LogP contribution in [-0.4, -0.2) is 19.2 Å². The minimum atomic E-state index is -0.432. The molecule has 0 saturated heterocycles. The molecule has 1 aromatic heterocycles. The lowest BCUT2D eigenvalue weighted by molar-refractivity contribution is 0.0959. The van der Waals surface area contributed by atoms with Crippen molar-refractivity contribution >= 4 is 23.5 Å². The van der Waals surface area contributed by atoms with Crippen molar-refractivity contribution in [3.63, 3.8) is 0 Å². The number of halogens is 1. The summed E-state index contributed by atoms with van der Waals surface area (Å²) in [4.78, 5) is 11.8. The Balaban J connectivity index is 1.94. The zero-order valence-electron chi connectivity index (χ0n) is 10.1. The van der Waals surface area contributed by atoms with Crippen molar-refractivity contribution in [1.29, 1.82) is 0 Å². The van der Waals surface area contributed by atoms with Crippen molar-refractivity contribution in [3.8, 4) is 5.75 Å². The molecule has 1 amide bonds. The Morgan fingerprint density at radius 1 is 1.32 bits per heavy atom. The smallest absolute Gasteiger partial charge is 0.281 e. The Kier molecular flexibility index (Phi) is 4.25. The van der Waals surface area contributed by atoms with Crippen molar-refractivity contribution in [2.75, 3.05) is 7.11 Å². The topological polar surface area (TPSA) is 50.7 Å². The summed E-state index contributed by atoms with van der Waals surface area (Å²) < 4.78 is 17.8. The first-order chi connectivity index (χ1) is 9.19. The van der Waals surface area contributed by atoms with Gasteiger partial charge in [-0.1, -0.05) is 0 Å². The highest BCUT2D eigenvalue weighted by Gasteiger charge is 2.07. The third-order valence-electron chi connectivity index (χ3n) is 2.29. The normalized spacial score (nSPS) is 10.6. The van der Waals surface area contributed by atoms with Crippen LogP contribution in [0.25, 0.3) is 0 Å². The van der Waals surface area contributed by atoms with Gasteiger partial charge < -0.3 is 4.74 Å². The van der Waals surface area contributed by atoms with Gasteiger partial charge in [-0.15, -0.1) is 11.3 Å². The number of rotatable bonds is 4. The second kappa shape index (κ2) is 6.10. The largest absolute Gasteiger partial charge is 0.497 e. The van der Waals surface area contributed by atoms with Crippen LogP contribution in [-0.2, 0) is 0 Å². The maximum atomic E-state index is 12.7. The van der Waals surface area contributed by atoms with E-state index in [0.29, 0.717) is 0 Å². The van der Waals surface area contributed by atoms with Gasteiger partial charge in [0.2, 0.25) is 0 Å². The van der Waals surface area contributed by atoms with E-state index in [4.69, 9.17) is 4.74 Å². The highest BCUT2D eigenvalue weighted by molar-refractivity contribution is 7.12. The standard InChI is InChI=1S/C13H11FN2O2S/c1-18-10-4-2-9(3-5-10)8-15-16-13(17)11-6-7-12(14)19-11/h2-8H,1H3,(H,16,17). The number of thiophene rings is 1. The molecule has 1 aromatic carbocycles. The lowest BCUT2D eigenvalue weighted by Gasteiger charge is -1.99. The summed E-state index contributed by atoms with van der Waals surface area (Å²) in [5.74, 6) is 0.314. The molecule has 0 radical (unpaired) electrons. The van der Waals surface area contributed by atoms with Crippen LogP contribution in [0.1, 0.15) is 15.2 Å². The lowest BCUT2D eigenvalue weighted by atomic mass is 10.2. The predicted octanol–water partition coefficient (Wildman–Crippen LogP) is 2.66. The molecule has 0 aliphatic carbocycles. The number of carbonyl (C=O) groups is 1. The van der Waals surface area contributed by atoms with Crippen molar-refractivity contribution in [2.24, 2.45) is 5.10 Å². The average molecular weight is 278 g/mol. The molecule has 0 aliphatic rings. The molecule has 0 unspecified atom stereocenters. The van der Waals surface area contributed by atoms with Gasteiger partial charge in [0.25, 0.3) is 5.91 Å². The molecule has 4 nitrogen and oxygen atoms in total. The Labute approximate surface area is 113 Å².